The summed E-state index contributed by atoms with van der Waals surface area (Å²) >= 11 is 0. The second-order valence-electron chi connectivity index (χ2n) is 12.7. The molecule has 224 valence electrons. The van der Waals surface area contributed by atoms with E-state index < -0.39 is 6.04 Å². The van der Waals surface area contributed by atoms with Crippen LogP contribution in [0.15, 0.2) is 36.4 Å². The van der Waals surface area contributed by atoms with E-state index in [1.54, 1.807) is 9.58 Å². The minimum absolute atomic E-state index is 0.00210. The first kappa shape index (κ1) is 29.0. The number of hydrogen-bond acceptors (Lipinski definition) is 6. The Labute approximate surface area is 251 Å². The van der Waals surface area contributed by atoms with Gasteiger partial charge >= 0.3 is 0 Å². The van der Waals surface area contributed by atoms with Crippen LogP contribution in [0.25, 0.3) is 10.9 Å². The van der Waals surface area contributed by atoms with Crippen molar-refractivity contribution in [3.63, 3.8) is 0 Å². The van der Waals surface area contributed by atoms with E-state index in [9.17, 15) is 19.2 Å². The van der Waals surface area contributed by atoms with Crippen molar-refractivity contribution in [2.24, 2.45) is 5.41 Å². The number of nitrogens with one attached hydrogen (secondary N) is 1. The van der Waals surface area contributed by atoms with Crippen LogP contribution in [-0.2, 0) is 33.8 Å². The Balaban J connectivity index is 1.39. The van der Waals surface area contributed by atoms with Gasteiger partial charge in [-0.25, -0.2) is 0 Å². The van der Waals surface area contributed by atoms with Gasteiger partial charge in [-0.1, -0.05) is 29.8 Å². The number of rotatable bonds is 4. The van der Waals surface area contributed by atoms with E-state index in [0.717, 1.165) is 58.2 Å². The van der Waals surface area contributed by atoms with Gasteiger partial charge in [0.15, 0.2) is 11.6 Å². The highest BCUT2D eigenvalue weighted by Crippen LogP contribution is 2.59. The minimum atomic E-state index is -0.609. The first-order chi connectivity index (χ1) is 20.6. The largest absolute Gasteiger partial charge is 0.355 e. The van der Waals surface area contributed by atoms with Crippen LogP contribution in [0.3, 0.4) is 0 Å². The van der Waals surface area contributed by atoms with Crippen LogP contribution < -0.4 is 5.32 Å². The van der Waals surface area contributed by atoms with Crippen LogP contribution in [0, 0.1) is 26.2 Å². The predicted octanol–water partition coefficient (Wildman–Crippen LogP) is 4.13. The lowest BCUT2D eigenvalue weighted by Gasteiger charge is -2.27. The number of carbonyl (C=O) groups excluding carboxylic acids is 4. The van der Waals surface area contributed by atoms with Crippen LogP contribution in [-0.4, -0.2) is 61.7 Å². The first-order valence-corrected chi connectivity index (χ1v) is 15.3. The lowest BCUT2D eigenvalue weighted by atomic mass is 9.94. The highest BCUT2D eigenvalue weighted by molar-refractivity contribution is 6.06. The van der Waals surface area contributed by atoms with Crippen molar-refractivity contribution in [2.45, 2.75) is 91.3 Å². The van der Waals surface area contributed by atoms with E-state index >= 15 is 0 Å². The van der Waals surface area contributed by atoms with Crippen molar-refractivity contribution < 1.29 is 19.2 Å². The van der Waals surface area contributed by atoms with Gasteiger partial charge in [0.05, 0.1) is 23.7 Å². The minimum Gasteiger partial charge on any atom is -0.355 e. The van der Waals surface area contributed by atoms with E-state index in [-0.39, 0.29) is 47.8 Å². The number of aryl methyl sites for hydroxylation is 3. The number of benzene rings is 1. The summed E-state index contributed by atoms with van der Waals surface area (Å²) in [5.41, 5.74) is 5.33. The van der Waals surface area contributed by atoms with Crippen LogP contribution in [0.2, 0.25) is 0 Å². The molecule has 6 rings (SSSR count). The van der Waals surface area contributed by atoms with Crippen LogP contribution in [0.4, 0.5) is 0 Å². The lowest BCUT2D eigenvalue weighted by Crippen LogP contribution is -2.45. The van der Waals surface area contributed by atoms with Crippen molar-refractivity contribution in [2.75, 3.05) is 6.54 Å². The fourth-order valence-electron chi connectivity index (χ4n) is 7.04. The summed E-state index contributed by atoms with van der Waals surface area (Å²) in [5.74, 6) is -0.396. The maximum atomic E-state index is 14.2. The molecule has 0 spiro atoms. The molecule has 2 aliphatic heterocycles. The molecule has 2 bridgehead atoms. The second kappa shape index (κ2) is 11.2. The Hall–Kier alpha value is -4.14. The van der Waals surface area contributed by atoms with Crippen molar-refractivity contribution in [3.8, 4) is 0 Å². The Morgan fingerprint density at radius 1 is 1.09 bits per heavy atom. The summed E-state index contributed by atoms with van der Waals surface area (Å²) < 4.78 is 1.66. The van der Waals surface area contributed by atoms with Crippen molar-refractivity contribution in [3.05, 3.63) is 70.2 Å². The smallest absolute Gasteiger partial charge is 0.245 e. The van der Waals surface area contributed by atoms with E-state index in [2.05, 4.69) is 33.6 Å². The highest BCUT2D eigenvalue weighted by atomic mass is 16.2. The number of carbonyl (C=O) groups is 4. The number of hydrogen-bond donors (Lipinski definition) is 1. The Bertz CT molecular complexity index is 1690. The quantitative estimate of drug-likeness (QED) is 0.366. The third-order valence-corrected chi connectivity index (χ3v) is 9.36. The van der Waals surface area contributed by atoms with Crippen molar-refractivity contribution in [1.29, 1.82) is 0 Å². The molecular weight excluding hydrogens is 542 g/mol. The topological polar surface area (TPSA) is 114 Å². The Kier molecular flexibility index (Phi) is 7.52. The van der Waals surface area contributed by atoms with Crippen molar-refractivity contribution >= 4 is 34.3 Å². The van der Waals surface area contributed by atoms with Gasteiger partial charge in [-0.2, -0.15) is 5.10 Å². The molecule has 9 heteroatoms. The average molecular weight is 582 g/mol. The maximum Gasteiger partial charge on any atom is 0.245 e. The van der Waals surface area contributed by atoms with Crippen LogP contribution in [0.1, 0.15) is 77.6 Å². The standard InChI is InChI=1S/C34H39N5O4/c1-20-13-24-9-7-5-6-8-10-30(42)35-19-34-16-27(28(41)15-26-21(2)11-12-22(3)36-26)39(29(34)17-34)31(43)18-38-33(24)25(14-20)32(37-38)23(4)40/h5,7,11-14,27,29H,6,8-10,15-19H2,1-4H3,(H,35,42)/b7-5+/t27-,29+,34-/m0/s1. The summed E-state index contributed by atoms with van der Waals surface area (Å²) in [6, 6.07) is 7.19. The van der Waals surface area contributed by atoms with E-state index in [1.165, 1.54) is 6.92 Å². The molecule has 43 heavy (non-hydrogen) atoms. The summed E-state index contributed by atoms with van der Waals surface area (Å²) in [4.78, 5) is 59.8. The van der Waals surface area contributed by atoms with Gasteiger partial charge in [-0.15, -0.1) is 0 Å². The molecule has 1 aromatic carbocycles. The van der Waals surface area contributed by atoms with Gasteiger partial charge in [-0.3, -0.25) is 28.8 Å². The molecule has 0 unspecified atom stereocenters. The number of Topliss-reactive ketones (excluding diaryl/α,β-unsaturated/α-hetero) is 2. The first-order valence-electron chi connectivity index (χ1n) is 15.3. The molecule has 1 saturated carbocycles. The molecule has 2 amide bonds. The Morgan fingerprint density at radius 2 is 1.91 bits per heavy atom. The third-order valence-electron chi connectivity index (χ3n) is 9.36. The number of amides is 2. The van der Waals surface area contributed by atoms with Gasteiger partial charge in [0, 0.05) is 42.4 Å². The average Bonchev–Trinajstić information content (AvgIpc) is 3.37. The van der Waals surface area contributed by atoms with Crippen LogP contribution in [0.5, 0.6) is 0 Å². The molecule has 1 N–H and O–H groups in total. The summed E-state index contributed by atoms with van der Waals surface area (Å²) in [7, 11) is 0. The van der Waals surface area contributed by atoms with Gasteiger partial charge in [-0.05, 0) is 76.1 Å². The molecule has 0 radical (unpaired) electrons. The monoisotopic (exact) mass is 581 g/mol. The van der Waals surface area contributed by atoms with E-state index in [1.807, 2.05) is 39.0 Å². The molecule has 2 aromatic heterocycles. The molecule has 4 heterocycles. The van der Waals surface area contributed by atoms with Crippen LogP contribution >= 0.6 is 0 Å². The fourth-order valence-corrected chi connectivity index (χ4v) is 7.04. The zero-order valence-corrected chi connectivity index (χ0v) is 25.4. The molecule has 3 aliphatic rings. The maximum absolute atomic E-state index is 14.2. The Morgan fingerprint density at radius 3 is 2.70 bits per heavy atom. The van der Waals surface area contributed by atoms with E-state index in [0.29, 0.717) is 31.5 Å². The van der Waals surface area contributed by atoms with Gasteiger partial charge in [0.1, 0.15) is 12.2 Å². The molecule has 9 nitrogen and oxygen atoms in total. The molecule has 1 saturated heterocycles. The summed E-state index contributed by atoms with van der Waals surface area (Å²) in [6.45, 7) is 7.71. The predicted molar refractivity (Wildman–Crippen MR) is 163 cm³/mol. The molecule has 3 aromatic rings. The summed E-state index contributed by atoms with van der Waals surface area (Å²) in [5, 5.41) is 8.50. The highest BCUT2D eigenvalue weighted by Gasteiger charge is 2.66. The third kappa shape index (κ3) is 5.53. The fraction of sp³-hybridized carbons (Fsp3) is 0.471. The molecular formula is C34H39N5O4. The SMILES string of the molecule is CC(=O)c1nn2c3c(cc(C)cc13)C/C=C/CCCC(=O)NC[C@@]13C[C@@H](C(=O)Cc4nc(C)ccc4C)N(C(=O)C2)[C@@H]1C3. The van der Waals surface area contributed by atoms with E-state index in [4.69, 9.17) is 0 Å². The molecule has 1 aliphatic carbocycles. The number of piperidine rings is 1. The number of allylic oxidation sites excluding steroid dienone is 2. The van der Waals surface area contributed by atoms with Gasteiger partial charge < -0.3 is 10.2 Å². The van der Waals surface area contributed by atoms with Crippen molar-refractivity contribution in [1.82, 2.24) is 25.0 Å². The number of ketones is 2. The van der Waals surface area contributed by atoms with Gasteiger partial charge in [0.25, 0.3) is 0 Å². The number of nitrogens with zero attached hydrogens (tertiary/aromatic N) is 4. The summed E-state index contributed by atoms with van der Waals surface area (Å²) in [6.07, 6.45) is 8.13. The molecule has 2 fully saturated rings. The number of pyridine rings is 1. The number of aromatic nitrogens is 3. The second-order valence-corrected chi connectivity index (χ2v) is 12.7. The normalized spacial score (nSPS) is 24.8. The zero-order valence-electron chi connectivity index (χ0n) is 25.4. The zero-order chi connectivity index (χ0) is 30.5. The lowest BCUT2D eigenvalue weighted by molar-refractivity contribution is -0.139. The molecule has 3 atom stereocenters. The van der Waals surface area contributed by atoms with Gasteiger partial charge in [0.2, 0.25) is 11.8 Å².